The number of amides is 2. The van der Waals surface area contributed by atoms with Gasteiger partial charge in [-0.3, -0.25) is 14.7 Å². The zero-order valence-electron chi connectivity index (χ0n) is 19.2. The highest BCUT2D eigenvalue weighted by Gasteiger charge is 2.38. The smallest absolute Gasteiger partial charge is 0.422 e. The first-order valence-corrected chi connectivity index (χ1v) is 10.8. The van der Waals surface area contributed by atoms with E-state index >= 15 is 0 Å². The summed E-state index contributed by atoms with van der Waals surface area (Å²) in [5.41, 5.74) is 0.215. The van der Waals surface area contributed by atoms with E-state index in [4.69, 9.17) is 11.6 Å². The van der Waals surface area contributed by atoms with Gasteiger partial charge in [0.15, 0.2) is 6.61 Å². The van der Waals surface area contributed by atoms with Crippen molar-refractivity contribution in [2.24, 2.45) is 0 Å². The molecular formula is C23H27ClF3N3O4. The van der Waals surface area contributed by atoms with Crippen LogP contribution >= 0.6 is 11.6 Å². The lowest BCUT2D eigenvalue weighted by molar-refractivity contribution is -0.153. The fraction of sp³-hybridized carbons (Fsp3) is 0.435. The minimum absolute atomic E-state index is 0.0648. The Morgan fingerprint density at radius 3 is 2.24 bits per heavy atom. The highest BCUT2D eigenvalue weighted by Crippen LogP contribution is 2.23. The van der Waals surface area contributed by atoms with E-state index in [0.717, 1.165) is 16.7 Å². The van der Waals surface area contributed by atoms with Crippen LogP contribution in [0.1, 0.15) is 45.0 Å². The van der Waals surface area contributed by atoms with E-state index in [9.17, 15) is 27.9 Å². The lowest BCUT2D eigenvalue weighted by Crippen LogP contribution is -2.57. The molecule has 0 bridgehead atoms. The van der Waals surface area contributed by atoms with Crippen molar-refractivity contribution in [2.75, 3.05) is 6.61 Å². The van der Waals surface area contributed by atoms with Gasteiger partial charge in [0.1, 0.15) is 11.8 Å². The summed E-state index contributed by atoms with van der Waals surface area (Å²) in [4.78, 5) is 30.5. The number of ether oxygens (including phenoxy) is 1. The van der Waals surface area contributed by atoms with Crippen LogP contribution in [0.3, 0.4) is 0 Å². The van der Waals surface area contributed by atoms with Gasteiger partial charge in [-0.1, -0.05) is 23.7 Å². The molecule has 2 aromatic rings. The summed E-state index contributed by atoms with van der Waals surface area (Å²) >= 11 is 5.93. The average molecular weight is 502 g/mol. The van der Waals surface area contributed by atoms with E-state index in [-0.39, 0.29) is 12.2 Å². The van der Waals surface area contributed by atoms with E-state index < -0.39 is 42.4 Å². The quantitative estimate of drug-likeness (QED) is 0.516. The zero-order chi connectivity index (χ0) is 25.7. The minimum Gasteiger partial charge on any atom is -0.483 e. The van der Waals surface area contributed by atoms with Crippen LogP contribution in [0.2, 0.25) is 5.02 Å². The van der Waals surface area contributed by atoms with Gasteiger partial charge in [-0.25, -0.2) is 4.79 Å². The lowest BCUT2D eigenvalue weighted by atomic mass is 9.97. The molecule has 1 aromatic carbocycles. The number of nitrogens with zero attached hydrogens (tertiary/aromatic N) is 2. The first-order chi connectivity index (χ1) is 15.7. The van der Waals surface area contributed by atoms with Crippen LogP contribution in [0.25, 0.3) is 0 Å². The summed E-state index contributed by atoms with van der Waals surface area (Å²) in [6, 6.07) is 7.80. The SMILES string of the molecule is C[C@@H](NC(=O)[C@H](Cc1ccc(Cl)cc1)N(C(=O)O)C(C)(C)C)c1ccc(OCC(F)(F)F)cn1. The van der Waals surface area contributed by atoms with E-state index in [0.29, 0.717) is 10.7 Å². The molecule has 2 atom stereocenters. The average Bonchev–Trinajstić information content (AvgIpc) is 2.71. The summed E-state index contributed by atoms with van der Waals surface area (Å²) in [6.45, 7) is 5.26. The first-order valence-electron chi connectivity index (χ1n) is 10.4. The van der Waals surface area contributed by atoms with Crippen molar-refractivity contribution in [2.45, 2.75) is 57.9 Å². The largest absolute Gasteiger partial charge is 0.483 e. The molecule has 1 heterocycles. The number of hydrogen-bond donors (Lipinski definition) is 2. The predicted molar refractivity (Wildman–Crippen MR) is 121 cm³/mol. The lowest BCUT2D eigenvalue weighted by Gasteiger charge is -2.39. The summed E-state index contributed by atoms with van der Waals surface area (Å²) in [5, 5.41) is 13.1. The molecule has 7 nitrogen and oxygen atoms in total. The Kier molecular flexibility index (Phi) is 8.77. The van der Waals surface area contributed by atoms with Gasteiger partial charge in [0, 0.05) is 17.0 Å². The number of carbonyl (C=O) groups is 2. The second-order valence-electron chi connectivity index (χ2n) is 8.72. The molecule has 186 valence electrons. The number of aromatic nitrogens is 1. The molecule has 0 unspecified atom stereocenters. The number of carboxylic acid groups (broad SMARTS) is 1. The van der Waals surface area contributed by atoms with Crippen molar-refractivity contribution >= 4 is 23.6 Å². The molecular weight excluding hydrogens is 475 g/mol. The van der Waals surface area contributed by atoms with Crippen molar-refractivity contribution in [1.29, 1.82) is 0 Å². The standard InChI is InChI=1S/C23H27ClF3N3O4/c1-14(18-10-9-17(12-28-18)34-13-23(25,26)27)29-20(31)19(30(21(32)33)22(2,3)4)11-15-5-7-16(24)8-6-15/h5-10,12,14,19H,11,13H2,1-4H3,(H,29,31)(H,32,33)/t14-,19+/m1/s1. The fourth-order valence-electron chi connectivity index (χ4n) is 3.31. The molecule has 0 saturated carbocycles. The van der Waals surface area contributed by atoms with Gasteiger partial charge >= 0.3 is 12.3 Å². The molecule has 2 N–H and O–H groups in total. The Morgan fingerprint density at radius 2 is 1.76 bits per heavy atom. The maximum absolute atomic E-state index is 13.3. The van der Waals surface area contributed by atoms with Crippen LogP contribution < -0.4 is 10.1 Å². The van der Waals surface area contributed by atoms with Crippen molar-refractivity contribution in [1.82, 2.24) is 15.2 Å². The third-order valence-corrected chi connectivity index (χ3v) is 5.10. The van der Waals surface area contributed by atoms with Gasteiger partial charge < -0.3 is 15.2 Å². The second kappa shape index (κ2) is 10.9. The first kappa shape index (κ1) is 27.2. The Labute approximate surface area is 200 Å². The predicted octanol–water partition coefficient (Wildman–Crippen LogP) is 5.24. The molecule has 0 aliphatic rings. The number of nitrogens with one attached hydrogen (secondary N) is 1. The highest BCUT2D eigenvalue weighted by atomic mass is 35.5. The number of alkyl halides is 3. The second-order valence-corrected chi connectivity index (χ2v) is 9.16. The number of hydrogen-bond acceptors (Lipinski definition) is 4. The molecule has 2 rings (SSSR count). The fourth-order valence-corrected chi connectivity index (χ4v) is 3.44. The van der Waals surface area contributed by atoms with Gasteiger partial charge in [0.25, 0.3) is 0 Å². The minimum atomic E-state index is -4.47. The van der Waals surface area contributed by atoms with E-state index in [1.54, 1.807) is 52.0 Å². The van der Waals surface area contributed by atoms with Crippen molar-refractivity contribution < 1.29 is 32.6 Å². The van der Waals surface area contributed by atoms with E-state index in [1.165, 1.54) is 12.1 Å². The topological polar surface area (TPSA) is 91.8 Å². The molecule has 0 aliphatic carbocycles. The molecule has 0 spiro atoms. The number of benzene rings is 1. The third-order valence-electron chi connectivity index (χ3n) is 4.85. The van der Waals surface area contributed by atoms with Crippen LogP contribution in [0.5, 0.6) is 5.75 Å². The van der Waals surface area contributed by atoms with Crippen molar-refractivity contribution in [3.63, 3.8) is 0 Å². The maximum Gasteiger partial charge on any atom is 0.422 e. The van der Waals surface area contributed by atoms with Gasteiger partial charge in [0.2, 0.25) is 5.91 Å². The van der Waals surface area contributed by atoms with Gasteiger partial charge in [0.05, 0.1) is 17.9 Å². The Hall–Kier alpha value is -3.01. The maximum atomic E-state index is 13.3. The molecule has 11 heteroatoms. The van der Waals surface area contributed by atoms with Gasteiger partial charge in [-0.05, 0) is 57.5 Å². The van der Waals surface area contributed by atoms with E-state index in [1.807, 2.05) is 0 Å². The van der Waals surface area contributed by atoms with Crippen LogP contribution in [0, 0.1) is 0 Å². The monoisotopic (exact) mass is 501 g/mol. The van der Waals surface area contributed by atoms with Crippen molar-refractivity contribution in [3.8, 4) is 5.75 Å². The molecule has 0 fully saturated rings. The van der Waals surface area contributed by atoms with Crippen LogP contribution in [-0.4, -0.2) is 51.4 Å². The third kappa shape index (κ3) is 8.09. The highest BCUT2D eigenvalue weighted by molar-refractivity contribution is 6.30. The molecule has 34 heavy (non-hydrogen) atoms. The van der Waals surface area contributed by atoms with E-state index in [2.05, 4.69) is 15.0 Å². The number of carbonyl (C=O) groups excluding carboxylic acids is 1. The summed E-state index contributed by atoms with van der Waals surface area (Å²) in [5.74, 6) is -0.607. The van der Waals surface area contributed by atoms with Gasteiger partial charge in [-0.2, -0.15) is 13.2 Å². The van der Waals surface area contributed by atoms with Gasteiger partial charge in [-0.15, -0.1) is 0 Å². The number of rotatable bonds is 8. The molecule has 0 radical (unpaired) electrons. The summed E-state index contributed by atoms with van der Waals surface area (Å²) < 4.78 is 41.6. The van der Waals surface area contributed by atoms with Crippen molar-refractivity contribution in [3.05, 3.63) is 58.9 Å². The van der Waals surface area contributed by atoms with Crippen LogP contribution in [0.4, 0.5) is 18.0 Å². The molecule has 1 aromatic heterocycles. The number of halogens is 4. The van der Waals surface area contributed by atoms with Crippen LogP contribution in [-0.2, 0) is 11.2 Å². The molecule has 2 amide bonds. The summed E-state index contributed by atoms with van der Waals surface area (Å²) in [7, 11) is 0. The summed E-state index contributed by atoms with van der Waals surface area (Å²) in [6.07, 6.45) is -4.48. The molecule has 0 saturated heterocycles. The Balaban J connectivity index is 2.21. The normalized spacial score (nSPS) is 13.6. The zero-order valence-corrected chi connectivity index (χ0v) is 19.9. The Bertz CT molecular complexity index is 977. The Morgan fingerprint density at radius 1 is 1.15 bits per heavy atom. The molecule has 0 aliphatic heterocycles. The van der Waals surface area contributed by atoms with Crippen LogP contribution in [0.15, 0.2) is 42.6 Å². The number of pyridine rings is 1.